The maximum absolute atomic E-state index is 12.5. The monoisotopic (exact) mass is 245 g/mol. The van der Waals surface area contributed by atoms with Crippen molar-refractivity contribution >= 4 is 12.4 Å². The lowest BCUT2D eigenvalue weighted by Gasteiger charge is -2.17. The number of ether oxygens (including phenoxy) is 2. The maximum atomic E-state index is 12.5. The Morgan fingerprint density at radius 3 is 2.82 bits per heavy atom. The molecule has 0 aromatic heterocycles. The Bertz CT molecular complexity index is 375. The summed E-state index contributed by atoms with van der Waals surface area (Å²) >= 11 is 0. The first-order valence-electron chi connectivity index (χ1n) is 5.60. The molecule has 0 bridgehead atoms. The Balaban J connectivity index is 1.96. The standard InChI is InChI=1S/C11H13BF3O2/c13-12(14,15)9-3-1-4-10(7-9)17-8-11-5-2-6-16-11/h1,3-4,7,11H,2,5-6,8H2/q-1. The zero-order valence-electron chi connectivity index (χ0n) is 9.24. The number of hydrogen-bond donors (Lipinski definition) is 0. The summed E-state index contributed by atoms with van der Waals surface area (Å²) in [6.07, 6.45) is 1.90. The highest BCUT2D eigenvalue weighted by Gasteiger charge is 2.25. The molecule has 0 N–H and O–H groups in total. The zero-order valence-corrected chi connectivity index (χ0v) is 9.24. The molecule has 0 spiro atoms. The fourth-order valence-corrected chi connectivity index (χ4v) is 1.77. The van der Waals surface area contributed by atoms with Gasteiger partial charge in [0.25, 0.3) is 0 Å². The van der Waals surface area contributed by atoms with Crippen molar-refractivity contribution in [1.29, 1.82) is 0 Å². The van der Waals surface area contributed by atoms with Crippen molar-refractivity contribution in [1.82, 2.24) is 0 Å². The van der Waals surface area contributed by atoms with E-state index >= 15 is 0 Å². The van der Waals surface area contributed by atoms with Gasteiger partial charge in [-0.25, -0.2) is 0 Å². The largest absolute Gasteiger partial charge is 0.509 e. The Labute approximate surface area is 97.8 Å². The van der Waals surface area contributed by atoms with E-state index in [1.165, 1.54) is 12.1 Å². The van der Waals surface area contributed by atoms with Crippen LogP contribution in [0, 0.1) is 0 Å². The minimum atomic E-state index is -4.96. The Hall–Kier alpha value is -1.17. The second-order valence-corrected chi connectivity index (χ2v) is 4.09. The molecule has 1 unspecified atom stereocenters. The van der Waals surface area contributed by atoms with Crippen molar-refractivity contribution in [2.24, 2.45) is 0 Å². The van der Waals surface area contributed by atoms with Crippen LogP contribution in [0.5, 0.6) is 5.75 Å². The number of benzene rings is 1. The smallest absolute Gasteiger partial charge is 0.491 e. The molecule has 6 heteroatoms. The fraction of sp³-hybridized carbons (Fsp3) is 0.455. The summed E-state index contributed by atoms with van der Waals surface area (Å²) in [6.45, 7) is -3.94. The second kappa shape index (κ2) is 5.00. The van der Waals surface area contributed by atoms with Crippen LogP contribution in [0.3, 0.4) is 0 Å². The summed E-state index contributed by atoms with van der Waals surface area (Å²) in [4.78, 5) is 0. The molecule has 1 aromatic carbocycles. The van der Waals surface area contributed by atoms with E-state index in [-0.39, 0.29) is 11.9 Å². The second-order valence-electron chi connectivity index (χ2n) is 4.09. The SMILES string of the molecule is F[B-](F)(F)c1cccc(OCC2CCCO2)c1. The molecule has 1 heterocycles. The van der Waals surface area contributed by atoms with Gasteiger partial charge in [0.15, 0.2) is 0 Å². The number of hydrogen-bond acceptors (Lipinski definition) is 2. The average Bonchev–Trinajstić information content (AvgIpc) is 2.78. The van der Waals surface area contributed by atoms with Crippen molar-refractivity contribution in [3.8, 4) is 5.75 Å². The van der Waals surface area contributed by atoms with E-state index in [1.54, 1.807) is 0 Å². The lowest BCUT2D eigenvalue weighted by molar-refractivity contribution is 0.0680. The van der Waals surface area contributed by atoms with Crippen LogP contribution in [0.2, 0.25) is 0 Å². The van der Waals surface area contributed by atoms with Gasteiger partial charge in [0.2, 0.25) is 0 Å². The van der Waals surface area contributed by atoms with Gasteiger partial charge in [-0.2, -0.15) is 0 Å². The summed E-state index contributed by atoms with van der Waals surface area (Å²) in [7, 11) is 0. The molecular weight excluding hydrogens is 232 g/mol. The first kappa shape index (κ1) is 12.3. The van der Waals surface area contributed by atoms with E-state index in [4.69, 9.17) is 9.47 Å². The number of halogens is 3. The predicted molar refractivity (Wildman–Crippen MR) is 59.6 cm³/mol. The predicted octanol–water partition coefficient (Wildman–Crippen LogP) is 2.30. The van der Waals surface area contributed by atoms with Crippen LogP contribution in [0.1, 0.15) is 12.8 Å². The van der Waals surface area contributed by atoms with Gasteiger partial charge >= 0.3 is 6.98 Å². The first-order valence-corrected chi connectivity index (χ1v) is 5.60. The van der Waals surface area contributed by atoms with Gasteiger partial charge in [0, 0.05) is 6.61 Å². The molecule has 1 fully saturated rings. The van der Waals surface area contributed by atoms with Crippen LogP contribution >= 0.6 is 0 Å². The topological polar surface area (TPSA) is 18.5 Å². The molecule has 1 aliphatic rings. The third-order valence-electron chi connectivity index (χ3n) is 2.70. The average molecular weight is 245 g/mol. The zero-order chi connectivity index (χ0) is 12.3. The lowest BCUT2D eigenvalue weighted by atomic mass is 9.80. The normalized spacial score (nSPS) is 20.5. The maximum Gasteiger partial charge on any atom is 0.509 e. The Morgan fingerprint density at radius 1 is 1.35 bits per heavy atom. The van der Waals surface area contributed by atoms with Crippen molar-refractivity contribution in [3.63, 3.8) is 0 Å². The first-order chi connectivity index (χ1) is 8.05. The van der Waals surface area contributed by atoms with E-state index in [9.17, 15) is 12.9 Å². The van der Waals surface area contributed by atoms with Crippen LogP contribution in [-0.2, 0) is 4.74 Å². The quantitative estimate of drug-likeness (QED) is 0.757. The van der Waals surface area contributed by atoms with Crippen LogP contribution in [-0.4, -0.2) is 26.3 Å². The molecule has 1 saturated heterocycles. The molecule has 0 aliphatic carbocycles. The van der Waals surface area contributed by atoms with E-state index in [0.717, 1.165) is 25.0 Å². The van der Waals surface area contributed by atoms with Gasteiger partial charge in [0.05, 0.1) is 6.10 Å². The summed E-state index contributed by atoms with van der Waals surface area (Å²) < 4.78 is 48.1. The molecule has 0 amide bonds. The number of rotatable bonds is 4. The minimum absolute atomic E-state index is 0.00931. The van der Waals surface area contributed by atoms with Crippen molar-refractivity contribution < 1.29 is 22.4 Å². The van der Waals surface area contributed by atoms with Gasteiger partial charge < -0.3 is 22.4 Å². The molecule has 94 valence electrons. The summed E-state index contributed by atoms with van der Waals surface area (Å²) in [5.74, 6) is 0.247. The van der Waals surface area contributed by atoms with E-state index in [1.807, 2.05) is 0 Å². The highest BCUT2D eigenvalue weighted by atomic mass is 19.4. The minimum Gasteiger partial charge on any atom is -0.491 e. The van der Waals surface area contributed by atoms with Crippen molar-refractivity contribution in [2.45, 2.75) is 18.9 Å². The molecule has 2 rings (SSSR count). The van der Waals surface area contributed by atoms with Crippen LogP contribution < -0.4 is 10.2 Å². The van der Waals surface area contributed by atoms with E-state index in [2.05, 4.69) is 0 Å². The van der Waals surface area contributed by atoms with Gasteiger partial charge in [-0.05, 0) is 25.0 Å². The Morgan fingerprint density at radius 2 is 2.18 bits per heavy atom. The van der Waals surface area contributed by atoms with E-state index in [0.29, 0.717) is 13.2 Å². The molecule has 1 aromatic rings. The van der Waals surface area contributed by atoms with Crippen LogP contribution in [0.15, 0.2) is 24.3 Å². The molecular formula is C11H13BF3O2-. The molecule has 0 radical (unpaired) electrons. The summed E-state index contributed by atoms with van der Waals surface area (Å²) in [6, 6.07) is 4.98. The molecule has 2 nitrogen and oxygen atoms in total. The van der Waals surface area contributed by atoms with Crippen molar-refractivity contribution in [2.75, 3.05) is 13.2 Å². The van der Waals surface area contributed by atoms with E-state index < -0.39 is 12.4 Å². The van der Waals surface area contributed by atoms with Gasteiger partial charge in [-0.1, -0.05) is 12.1 Å². The molecule has 17 heavy (non-hydrogen) atoms. The van der Waals surface area contributed by atoms with Gasteiger partial charge in [0.1, 0.15) is 12.4 Å². The van der Waals surface area contributed by atoms with Gasteiger partial charge in [-0.3, -0.25) is 0 Å². The summed E-state index contributed by atoms with van der Waals surface area (Å²) in [5.41, 5.74) is -0.630. The summed E-state index contributed by atoms with van der Waals surface area (Å²) in [5, 5.41) is 0. The highest BCUT2D eigenvalue weighted by molar-refractivity contribution is 6.73. The fourth-order valence-electron chi connectivity index (χ4n) is 1.77. The van der Waals surface area contributed by atoms with Crippen molar-refractivity contribution in [3.05, 3.63) is 24.3 Å². The Kier molecular flexibility index (Phi) is 3.62. The highest BCUT2D eigenvalue weighted by Crippen LogP contribution is 2.17. The molecule has 1 atom stereocenters. The van der Waals surface area contributed by atoms with Gasteiger partial charge in [-0.15, -0.1) is 5.46 Å². The molecule has 0 saturated carbocycles. The van der Waals surface area contributed by atoms with Crippen LogP contribution in [0.25, 0.3) is 0 Å². The van der Waals surface area contributed by atoms with Crippen LogP contribution in [0.4, 0.5) is 12.9 Å². The molecule has 1 aliphatic heterocycles. The lowest BCUT2D eigenvalue weighted by Crippen LogP contribution is -2.33. The third kappa shape index (κ3) is 3.39. The third-order valence-corrected chi connectivity index (χ3v) is 2.70.